The average Bonchev–Trinajstić information content (AvgIpc) is 2.83. The van der Waals surface area contributed by atoms with Crippen LogP contribution in [0.25, 0.3) is 22.0 Å². The fourth-order valence-corrected chi connectivity index (χ4v) is 5.23. The number of halogens is 4. The molecule has 2 heterocycles. The lowest BCUT2D eigenvalue weighted by Crippen LogP contribution is -2.47. The van der Waals surface area contributed by atoms with Crippen molar-refractivity contribution in [3.8, 4) is 16.9 Å². The Labute approximate surface area is 216 Å². The van der Waals surface area contributed by atoms with Crippen molar-refractivity contribution in [1.82, 2.24) is 9.88 Å². The monoisotopic (exact) mass is 554 g/mol. The zero-order valence-electron chi connectivity index (χ0n) is 18.8. The maximum atomic E-state index is 13.5. The van der Waals surface area contributed by atoms with Crippen LogP contribution in [0.15, 0.2) is 46.1 Å². The lowest BCUT2D eigenvalue weighted by Gasteiger charge is -2.29. The van der Waals surface area contributed by atoms with Gasteiger partial charge in [0, 0.05) is 46.6 Å². The number of carboxylic acid groups (broad SMARTS) is 1. The largest absolute Gasteiger partial charge is 0.507 e. The Morgan fingerprint density at radius 3 is 2.57 bits per heavy atom. The molecule has 37 heavy (non-hydrogen) atoms. The summed E-state index contributed by atoms with van der Waals surface area (Å²) in [6.45, 7) is -0.314. The summed E-state index contributed by atoms with van der Waals surface area (Å²) in [6.07, 6.45) is -4.82. The lowest BCUT2D eigenvalue weighted by molar-refractivity contribution is -0.150. The SMILES string of the molecule is O=C(O)C1CN(C(=O)CSc2c(-c3cc(Cl)ccc3O)c3cc(C(F)(F)F)ccc3[nH]c2=O)CCC1=O. The topological polar surface area (TPSA) is 128 Å². The maximum Gasteiger partial charge on any atom is 0.416 e. The average molecular weight is 555 g/mol. The molecule has 0 bridgehead atoms. The van der Waals surface area contributed by atoms with E-state index in [1.54, 1.807) is 0 Å². The van der Waals surface area contributed by atoms with Gasteiger partial charge >= 0.3 is 12.1 Å². The molecular weight excluding hydrogens is 537 g/mol. The van der Waals surface area contributed by atoms with Gasteiger partial charge in [-0.3, -0.25) is 19.2 Å². The summed E-state index contributed by atoms with van der Waals surface area (Å²) in [5.74, 6) is -4.47. The van der Waals surface area contributed by atoms with Crippen LogP contribution in [0.4, 0.5) is 13.2 Å². The first-order chi connectivity index (χ1) is 17.4. The second-order valence-corrected chi connectivity index (χ2v) is 9.74. The molecule has 1 unspecified atom stereocenters. The van der Waals surface area contributed by atoms with Crippen molar-refractivity contribution in [2.75, 3.05) is 18.8 Å². The molecule has 8 nitrogen and oxygen atoms in total. The lowest BCUT2D eigenvalue weighted by atomic mass is 9.97. The van der Waals surface area contributed by atoms with E-state index in [-0.39, 0.29) is 63.0 Å². The molecule has 1 atom stereocenters. The Morgan fingerprint density at radius 1 is 1.16 bits per heavy atom. The van der Waals surface area contributed by atoms with Gasteiger partial charge in [-0.1, -0.05) is 11.6 Å². The minimum absolute atomic E-state index is 0.00691. The number of hydrogen-bond donors (Lipinski definition) is 3. The first-order valence-corrected chi connectivity index (χ1v) is 12.2. The summed E-state index contributed by atoms with van der Waals surface area (Å²) in [6, 6.07) is 6.64. The third-order valence-electron chi connectivity index (χ3n) is 5.94. The summed E-state index contributed by atoms with van der Waals surface area (Å²) >= 11 is 6.79. The number of amides is 1. The van der Waals surface area contributed by atoms with E-state index in [0.29, 0.717) is 0 Å². The van der Waals surface area contributed by atoms with Gasteiger partial charge in [-0.15, -0.1) is 11.8 Å². The fraction of sp³-hybridized carbons (Fsp3) is 0.250. The van der Waals surface area contributed by atoms with Crippen molar-refractivity contribution in [1.29, 1.82) is 0 Å². The van der Waals surface area contributed by atoms with Gasteiger partial charge in [0.1, 0.15) is 11.7 Å². The van der Waals surface area contributed by atoms with Crippen LogP contribution >= 0.6 is 23.4 Å². The molecule has 13 heteroatoms. The number of thioether (sulfide) groups is 1. The number of hydrogen-bond acceptors (Lipinski definition) is 6. The Balaban J connectivity index is 1.79. The Bertz CT molecular complexity index is 1490. The number of aliphatic carboxylic acids is 1. The highest BCUT2D eigenvalue weighted by atomic mass is 35.5. The number of phenolic OH excluding ortho intramolecular Hbond substituents is 1. The number of nitrogens with zero attached hydrogens (tertiary/aromatic N) is 1. The Kier molecular flexibility index (Phi) is 7.24. The van der Waals surface area contributed by atoms with Gasteiger partial charge in [-0.25, -0.2) is 0 Å². The number of carbonyl (C=O) groups is 3. The normalized spacial score (nSPS) is 16.3. The van der Waals surface area contributed by atoms with Crippen LogP contribution in [-0.4, -0.2) is 56.6 Å². The predicted octanol–water partition coefficient (Wildman–Crippen LogP) is 4.17. The number of likely N-dealkylation sites (tertiary alicyclic amines) is 1. The number of rotatable bonds is 5. The number of ketones is 1. The van der Waals surface area contributed by atoms with Gasteiger partial charge in [0.2, 0.25) is 5.91 Å². The number of phenols is 1. The second-order valence-electron chi connectivity index (χ2n) is 8.31. The second kappa shape index (κ2) is 10.1. The zero-order valence-corrected chi connectivity index (χ0v) is 20.3. The third-order valence-corrected chi connectivity index (χ3v) is 7.24. The summed E-state index contributed by atoms with van der Waals surface area (Å²) in [5.41, 5.74) is -1.68. The third kappa shape index (κ3) is 5.44. The summed E-state index contributed by atoms with van der Waals surface area (Å²) in [5, 5.41) is 19.9. The van der Waals surface area contributed by atoms with Gasteiger partial charge < -0.3 is 20.1 Å². The van der Waals surface area contributed by atoms with Gasteiger partial charge in [-0.05, 0) is 36.4 Å². The molecular formula is C24H18ClF3N2O6S. The molecule has 3 aromatic rings. The molecule has 3 N–H and O–H groups in total. The number of carboxylic acids is 1. The van der Waals surface area contributed by atoms with Crippen molar-refractivity contribution >= 4 is 51.9 Å². The van der Waals surface area contributed by atoms with Crippen molar-refractivity contribution in [3.05, 3.63) is 57.3 Å². The number of pyridine rings is 1. The van der Waals surface area contributed by atoms with E-state index in [0.717, 1.165) is 30.0 Å². The van der Waals surface area contributed by atoms with Crippen LogP contribution in [0, 0.1) is 5.92 Å². The number of aromatic amines is 1. The summed E-state index contributed by atoms with van der Waals surface area (Å²) in [7, 11) is 0. The molecule has 1 fully saturated rings. The molecule has 4 rings (SSSR count). The van der Waals surface area contributed by atoms with E-state index in [1.165, 1.54) is 23.1 Å². The van der Waals surface area contributed by atoms with E-state index >= 15 is 0 Å². The zero-order chi connectivity index (χ0) is 27.1. The number of benzene rings is 2. The summed E-state index contributed by atoms with van der Waals surface area (Å²) in [4.78, 5) is 52.6. The highest BCUT2D eigenvalue weighted by Crippen LogP contribution is 2.42. The minimum atomic E-state index is -4.69. The van der Waals surface area contributed by atoms with Crippen LogP contribution in [0.5, 0.6) is 5.75 Å². The van der Waals surface area contributed by atoms with Gasteiger partial charge in [-0.2, -0.15) is 13.2 Å². The van der Waals surface area contributed by atoms with Crippen molar-refractivity contribution in [2.45, 2.75) is 17.5 Å². The highest BCUT2D eigenvalue weighted by Gasteiger charge is 2.35. The smallest absolute Gasteiger partial charge is 0.416 e. The standard InChI is InChI=1S/C24H18ClF3N2O6S/c25-12-2-4-17(31)14(8-12)20-13-7-11(24(26,27)28)1-3-16(13)29-22(34)21(20)37-10-19(33)30-6-5-18(32)15(9-30)23(35)36/h1-4,7-8,15,31H,5-6,9-10H2,(H,29,34)(H,35,36). The van der Waals surface area contributed by atoms with E-state index in [4.69, 9.17) is 11.6 Å². The number of fused-ring (bicyclic) bond motifs is 1. The Hall–Kier alpha value is -3.51. The van der Waals surface area contributed by atoms with Crippen LogP contribution in [0.1, 0.15) is 12.0 Å². The molecule has 0 aliphatic carbocycles. The number of alkyl halides is 3. The number of nitrogens with one attached hydrogen (secondary N) is 1. The molecule has 1 amide bonds. The molecule has 0 saturated carbocycles. The predicted molar refractivity (Wildman–Crippen MR) is 130 cm³/mol. The molecule has 0 spiro atoms. The molecule has 1 aliphatic heterocycles. The van der Waals surface area contributed by atoms with E-state index in [1.807, 2.05) is 0 Å². The number of carbonyl (C=O) groups excluding carboxylic acids is 2. The first kappa shape index (κ1) is 26.6. The van der Waals surface area contributed by atoms with Crippen LogP contribution < -0.4 is 5.56 Å². The van der Waals surface area contributed by atoms with Crippen LogP contribution in [0.2, 0.25) is 5.02 Å². The quantitative estimate of drug-likeness (QED) is 0.319. The molecule has 1 aliphatic rings. The van der Waals surface area contributed by atoms with E-state index < -0.39 is 40.9 Å². The molecule has 1 aromatic heterocycles. The van der Waals surface area contributed by atoms with Crippen molar-refractivity contribution in [3.63, 3.8) is 0 Å². The van der Waals surface area contributed by atoms with Gasteiger partial charge in [0.05, 0.1) is 16.2 Å². The first-order valence-electron chi connectivity index (χ1n) is 10.8. The van der Waals surface area contributed by atoms with Crippen molar-refractivity contribution in [2.24, 2.45) is 5.92 Å². The number of Topliss-reactive ketones (excluding diaryl/α,β-unsaturated/α-hetero) is 1. The highest BCUT2D eigenvalue weighted by molar-refractivity contribution is 8.00. The molecule has 2 aromatic carbocycles. The Morgan fingerprint density at radius 2 is 1.89 bits per heavy atom. The van der Waals surface area contributed by atoms with Crippen LogP contribution in [-0.2, 0) is 20.6 Å². The van der Waals surface area contributed by atoms with Gasteiger partial charge in [0.25, 0.3) is 5.56 Å². The molecule has 194 valence electrons. The van der Waals surface area contributed by atoms with E-state index in [9.17, 15) is 42.6 Å². The molecule has 0 radical (unpaired) electrons. The van der Waals surface area contributed by atoms with Gasteiger partial charge in [0.15, 0.2) is 5.78 Å². The summed E-state index contributed by atoms with van der Waals surface area (Å²) < 4.78 is 40.5. The number of piperidine rings is 1. The van der Waals surface area contributed by atoms with E-state index in [2.05, 4.69) is 4.98 Å². The fourth-order valence-electron chi connectivity index (χ4n) is 4.07. The minimum Gasteiger partial charge on any atom is -0.507 e. The van der Waals surface area contributed by atoms with Crippen LogP contribution in [0.3, 0.4) is 0 Å². The molecule has 1 saturated heterocycles. The number of H-pyrrole nitrogens is 1. The number of aromatic nitrogens is 1. The van der Waals surface area contributed by atoms with Crippen molar-refractivity contribution < 1.29 is 37.8 Å². The maximum absolute atomic E-state index is 13.5. The number of aromatic hydroxyl groups is 1.